The zero-order valence-electron chi connectivity index (χ0n) is 14.0. The standard InChI is InChI=1S/C18H26O3Si/c1-11(19)14-15(12(2)20)18(22(3,4)5)17(21)16(14)13-9-7-6-8-10-13/h6-12,14,16,19-20H,1-5H3/t11-,12+,14?,16?/m1/s1. The molecule has 0 aromatic heterocycles. The van der Waals surface area contributed by atoms with E-state index in [1.54, 1.807) is 13.8 Å². The largest absolute Gasteiger partial charge is 0.393 e. The summed E-state index contributed by atoms with van der Waals surface area (Å²) in [6.07, 6.45) is -1.38. The molecule has 4 heteroatoms. The van der Waals surface area contributed by atoms with E-state index in [0.29, 0.717) is 0 Å². The van der Waals surface area contributed by atoms with Gasteiger partial charge in [-0.2, -0.15) is 0 Å². The van der Waals surface area contributed by atoms with Gasteiger partial charge in [0.05, 0.1) is 26.2 Å². The molecule has 0 saturated carbocycles. The maximum absolute atomic E-state index is 13.1. The molecule has 3 nitrogen and oxygen atoms in total. The van der Waals surface area contributed by atoms with E-state index in [1.807, 2.05) is 30.3 Å². The Hall–Kier alpha value is -1.23. The van der Waals surface area contributed by atoms with Crippen molar-refractivity contribution >= 4 is 13.9 Å². The van der Waals surface area contributed by atoms with Gasteiger partial charge in [-0.25, -0.2) is 0 Å². The first-order chi connectivity index (χ1) is 10.2. The first kappa shape index (κ1) is 17.1. The summed E-state index contributed by atoms with van der Waals surface area (Å²) < 4.78 is 0. The highest BCUT2D eigenvalue weighted by Gasteiger charge is 2.49. The lowest BCUT2D eigenvalue weighted by Crippen LogP contribution is -2.30. The van der Waals surface area contributed by atoms with Crippen LogP contribution in [0.1, 0.15) is 25.3 Å². The van der Waals surface area contributed by atoms with E-state index in [-0.39, 0.29) is 17.6 Å². The van der Waals surface area contributed by atoms with Crippen molar-refractivity contribution < 1.29 is 15.0 Å². The molecule has 4 atom stereocenters. The first-order valence-corrected chi connectivity index (χ1v) is 11.4. The third-order valence-electron chi connectivity index (χ3n) is 4.41. The summed E-state index contributed by atoms with van der Waals surface area (Å²) >= 11 is 0. The second kappa shape index (κ2) is 6.11. The van der Waals surface area contributed by atoms with Gasteiger partial charge in [0.1, 0.15) is 0 Å². The Morgan fingerprint density at radius 1 is 1.05 bits per heavy atom. The van der Waals surface area contributed by atoms with Gasteiger partial charge in [0.25, 0.3) is 0 Å². The number of hydrogen-bond acceptors (Lipinski definition) is 3. The van der Waals surface area contributed by atoms with E-state index in [0.717, 1.165) is 16.3 Å². The van der Waals surface area contributed by atoms with Gasteiger partial charge in [0.2, 0.25) is 0 Å². The average Bonchev–Trinajstić information content (AvgIpc) is 2.73. The van der Waals surface area contributed by atoms with Gasteiger partial charge in [-0.15, -0.1) is 0 Å². The molecule has 0 amide bonds. The van der Waals surface area contributed by atoms with Gasteiger partial charge in [-0.3, -0.25) is 4.79 Å². The van der Waals surface area contributed by atoms with E-state index in [2.05, 4.69) is 19.6 Å². The minimum absolute atomic E-state index is 0.0900. The molecule has 0 radical (unpaired) electrons. The van der Waals surface area contributed by atoms with E-state index in [4.69, 9.17) is 0 Å². The molecule has 2 unspecified atom stereocenters. The van der Waals surface area contributed by atoms with Gasteiger partial charge >= 0.3 is 0 Å². The molecule has 2 rings (SSSR count). The van der Waals surface area contributed by atoms with Crippen molar-refractivity contribution in [2.45, 2.75) is 51.6 Å². The van der Waals surface area contributed by atoms with Crippen molar-refractivity contribution in [3.63, 3.8) is 0 Å². The SMILES string of the molecule is C[C@H](O)C1=C([Si](C)(C)C)C(=O)C(c2ccccc2)C1[C@@H](C)O. The second-order valence-electron chi connectivity index (χ2n) is 7.28. The van der Waals surface area contributed by atoms with Crippen LogP contribution in [0.4, 0.5) is 0 Å². The molecular formula is C18H26O3Si. The molecule has 0 spiro atoms. The van der Waals surface area contributed by atoms with Crippen LogP contribution in [0.2, 0.25) is 19.6 Å². The second-order valence-corrected chi connectivity index (χ2v) is 12.3. The Bertz CT molecular complexity index is 582. The summed E-state index contributed by atoms with van der Waals surface area (Å²) in [4.78, 5) is 13.1. The molecule has 0 fully saturated rings. The molecule has 1 aromatic carbocycles. The summed E-state index contributed by atoms with van der Waals surface area (Å²) in [6.45, 7) is 9.77. The minimum Gasteiger partial charge on any atom is -0.393 e. The van der Waals surface area contributed by atoms with E-state index < -0.39 is 20.3 Å². The number of rotatable bonds is 4. The fraction of sp³-hybridized carbons (Fsp3) is 0.500. The lowest BCUT2D eigenvalue weighted by Gasteiger charge is -2.26. The van der Waals surface area contributed by atoms with E-state index in [9.17, 15) is 15.0 Å². The zero-order chi connectivity index (χ0) is 16.7. The minimum atomic E-state index is -1.92. The van der Waals surface area contributed by atoms with Crippen molar-refractivity contribution in [1.29, 1.82) is 0 Å². The number of benzene rings is 1. The first-order valence-electron chi connectivity index (χ1n) is 7.86. The van der Waals surface area contributed by atoms with Crippen LogP contribution in [0.5, 0.6) is 0 Å². The summed E-state index contributed by atoms with van der Waals surface area (Å²) in [7, 11) is -1.92. The highest BCUT2D eigenvalue weighted by molar-refractivity contribution is 6.87. The number of carbonyl (C=O) groups is 1. The normalized spacial score (nSPS) is 25.5. The van der Waals surface area contributed by atoms with E-state index in [1.165, 1.54) is 0 Å². The van der Waals surface area contributed by atoms with Crippen LogP contribution in [0.3, 0.4) is 0 Å². The summed E-state index contributed by atoms with van der Waals surface area (Å²) in [5.41, 5.74) is 1.68. The highest BCUT2D eigenvalue weighted by Crippen LogP contribution is 2.46. The van der Waals surface area contributed by atoms with Gasteiger partial charge < -0.3 is 10.2 Å². The lowest BCUT2D eigenvalue weighted by atomic mass is 9.80. The fourth-order valence-electron chi connectivity index (χ4n) is 3.65. The molecule has 0 bridgehead atoms. The van der Waals surface area contributed by atoms with Crippen LogP contribution in [0, 0.1) is 5.92 Å². The lowest BCUT2D eigenvalue weighted by molar-refractivity contribution is -0.117. The zero-order valence-corrected chi connectivity index (χ0v) is 15.0. The molecule has 0 heterocycles. The van der Waals surface area contributed by atoms with Crippen LogP contribution in [-0.4, -0.2) is 36.3 Å². The van der Waals surface area contributed by atoms with Crippen LogP contribution in [0.25, 0.3) is 0 Å². The molecule has 1 aromatic rings. The van der Waals surface area contributed by atoms with Crippen molar-refractivity contribution in [2.24, 2.45) is 5.92 Å². The number of Topliss-reactive ketones (excluding diaryl/α,β-unsaturated/α-hetero) is 1. The molecule has 0 aliphatic heterocycles. The molecule has 1 aliphatic rings. The van der Waals surface area contributed by atoms with Crippen LogP contribution in [0.15, 0.2) is 41.1 Å². The van der Waals surface area contributed by atoms with Gasteiger partial charge in [-0.05, 0) is 30.2 Å². The van der Waals surface area contributed by atoms with Crippen LogP contribution >= 0.6 is 0 Å². The Kier molecular flexibility index (Phi) is 4.75. The summed E-state index contributed by atoms with van der Waals surface area (Å²) in [5.74, 6) is -0.628. The maximum Gasteiger partial charge on any atom is 0.163 e. The van der Waals surface area contributed by atoms with Crippen molar-refractivity contribution in [1.82, 2.24) is 0 Å². The quantitative estimate of drug-likeness (QED) is 0.839. The van der Waals surface area contributed by atoms with Crippen molar-refractivity contribution in [2.75, 3.05) is 0 Å². The highest BCUT2D eigenvalue weighted by atomic mass is 28.3. The number of carbonyl (C=O) groups excluding carboxylic acids is 1. The number of aliphatic hydroxyl groups is 2. The predicted molar refractivity (Wildman–Crippen MR) is 91.4 cm³/mol. The summed E-state index contributed by atoms with van der Waals surface area (Å²) in [5, 5.41) is 21.4. The number of ketones is 1. The number of aliphatic hydroxyl groups excluding tert-OH is 2. The Balaban J connectivity index is 2.64. The maximum atomic E-state index is 13.1. The third-order valence-corrected chi connectivity index (χ3v) is 6.45. The molecule has 1 aliphatic carbocycles. The van der Waals surface area contributed by atoms with E-state index >= 15 is 0 Å². The monoisotopic (exact) mass is 318 g/mol. The fourth-order valence-corrected chi connectivity index (χ4v) is 5.79. The van der Waals surface area contributed by atoms with Crippen LogP contribution < -0.4 is 0 Å². The Labute approximate surface area is 133 Å². The molecular weight excluding hydrogens is 292 g/mol. The number of allylic oxidation sites excluding steroid dienone is 1. The molecule has 0 saturated heterocycles. The smallest absolute Gasteiger partial charge is 0.163 e. The summed E-state index contributed by atoms with van der Waals surface area (Å²) in [6, 6.07) is 9.62. The third kappa shape index (κ3) is 2.96. The van der Waals surface area contributed by atoms with Gasteiger partial charge in [0, 0.05) is 5.92 Å². The van der Waals surface area contributed by atoms with Gasteiger partial charge in [-0.1, -0.05) is 50.0 Å². The predicted octanol–water partition coefficient (Wildman–Crippen LogP) is 2.90. The van der Waals surface area contributed by atoms with Crippen LogP contribution in [-0.2, 0) is 4.79 Å². The Morgan fingerprint density at radius 3 is 2.00 bits per heavy atom. The van der Waals surface area contributed by atoms with Crippen molar-refractivity contribution in [3.8, 4) is 0 Å². The molecule has 22 heavy (non-hydrogen) atoms. The molecule has 2 N–H and O–H groups in total. The Morgan fingerprint density at radius 2 is 1.59 bits per heavy atom. The van der Waals surface area contributed by atoms with Crippen molar-refractivity contribution in [3.05, 3.63) is 46.7 Å². The number of hydrogen-bond donors (Lipinski definition) is 2. The average molecular weight is 318 g/mol. The topological polar surface area (TPSA) is 57.5 Å². The van der Waals surface area contributed by atoms with Gasteiger partial charge in [0.15, 0.2) is 5.78 Å². The molecule has 120 valence electrons.